The van der Waals surface area contributed by atoms with E-state index in [9.17, 15) is 4.79 Å². The van der Waals surface area contributed by atoms with Gasteiger partial charge < -0.3 is 14.5 Å². The maximum atomic E-state index is 12.4. The fourth-order valence-corrected chi connectivity index (χ4v) is 2.36. The van der Waals surface area contributed by atoms with Crippen molar-refractivity contribution >= 4 is 22.7 Å². The molecule has 0 unspecified atom stereocenters. The Morgan fingerprint density at radius 3 is 2.83 bits per heavy atom. The molecule has 5 heteroatoms. The number of carbonyl (C=O) groups excluding carboxylic acids is 1. The third-order valence-corrected chi connectivity index (χ3v) is 3.56. The molecule has 0 radical (unpaired) electrons. The van der Waals surface area contributed by atoms with Crippen LogP contribution in [0.25, 0.3) is 11.1 Å². The van der Waals surface area contributed by atoms with Crippen molar-refractivity contribution in [1.29, 1.82) is 0 Å². The number of aromatic nitrogens is 1. The molecular weight excluding hydrogens is 304 g/mol. The van der Waals surface area contributed by atoms with E-state index in [-0.39, 0.29) is 11.8 Å². The van der Waals surface area contributed by atoms with Crippen LogP contribution in [0.4, 0.5) is 5.69 Å². The SMILES string of the molecule is CCOc1cccc(C(=O)Nc2ccc3nc(C(C)C)oc3c2)c1. The zero-order chi connectivity index (χ0) is 17.1. The predicted molar refractivity (Wildman–Crippen MR) is 93.7 cm³/mol. The van der Waals surface area contributed by atoms with Gasteiger partial charge in [0.15, 0.2) is 11.5 Å². The molecule has 24 heavy (non-hydrogen) atoms. The standard InChI is InChI=1S/C19H20N2O3/c1-4-23-15-7-5-6-13(10-15)18(22)20-14-8-9-16-17(11-14)24-19(21-16)12(2)3/h5-12H,4H2,1-3H3,(H,20,22). The molecule has 5 nitrogen and oxygen atoms in total. The normalized spacial score (nSPS) is 11.0. The molecule has 0 saturated carbocycles. The van der Waals surface area contributed by atoms with Gasteiger partial charge in [0, 0.05) is 23.2 Å². The van der Waals surface area contributed by atoms with Gasteiger partial charge in [-0.3, -0.25) is 4.79 Å². The molecule has 1 heterocycles. The number of ether oxygens (including phenoxy) is 1. The monoisotopic (exact) mass is 324 g/mol. The van der Waals surface area contributed by atoms with Crippen LogP contribution in [0.1, 0.15) is 42.9 Å². The lowest BCUT2D eigenvalue weighted by Gasteiger charge is -2.07. The molecule has 0 bridgehead atoms. The second kappa shape index (κ2) is 6.74. The lowest BCUT2D eigenvalue weighted by atomic mass is 10.2. The van der Waals surface area contributed by atoms with E-state index in [1.54, 1.807) is 24.3 Å². The van der Waals surface area contributed by atoms with Gasteiger partial charge in [0.2, 0.25) is 0 Å². The van der Waals surface area contributed by atoms with Crippen LogP contribution < -0.4 is 10.1 Å². The number of benzene rings is 2. The summed E-state index contributed by atoms with van der Waals surface area (Å²) in [5.41, 5.74) is 2.66. The van der Waals surface area contributed by atoms with Crippen LogP contribution in [0.3, 0.4) is 0 Å². The van der Waals surface area contributed by atoms with E-state index in [2.05, 4.69) is 10.3 Å². The Balaban J connectivity index is 1.81. The van der Waals surface area contributed by atoms with E-state index >= 15 is 0 Å². The molecule has 0 spiro atoms. The zero-order valence-corrected chi connectivity index (χ0v) is 14.0. The Kier molecular flexibility index (Phi) is 4.51. The lowest BCUT2D eigenvalue weighted by Crippen LogP contribution is -2.11. The molecule has 3 rings (SSSR count). The largest absolute Gasteiger partial charge is 0.494 e. The van der Waals surface area contributed by atoms with E-state index < -0.39 is 0 Å². The molecule has 0 aliphatic rings. The summed E-state index contributed by atoms with van der Waals surface area (Å²) in [7, 11) is 0. The number of hydrogen-bond acceptors (Lipinski definition) is 4. The second-order valence-corrected chi connectivity index (χ2v) is 5.80. The molecule has 0 atom stereocenters. The van der Waals surface area contributed by atoms with Crippen molar-refractivity contribution in [2.75, 3.05) is 11.9 Å². The first-order valence-electron chi connectivity index (χ1n) is 8.01. The highest BCUT2D eigenvalue weighted by atomic mass is 16.5. The van der Waals surface area contributed by atoms with Gasteiger partial charge in [-0.25, -0.2) is 4.98 Å². The highest BCUT2D eigenvalue weighted by Crippen LogP contribution is 2.24. The Labute approximate surface area is 140 Å². The fourth-order valence-electron chi connectivity index (χ4n) is 2.36. The summed E-state index contributed by atoms with van der Waals surface area (Å²) in [4.78, 5) is 16.8. The Morgan fingerprint density at radius 1 is 1.25 bits per heavy atom. The van der Waals surface area contributed by atoms with E-state index in [1.165, 1.54) is 0 Å². The minimum atomic E-state index is -0.195. The smallest absolute Gasteiger partial charge is 0.255 e. The Hall–Kier alpha value is -2.82. The number of nitrogens with zero attached hydrogens (tertiary/aromatic N) is 1. The summed E-state index contributed by atoms with van der Waals surface area (Å²) >= 11 is 0. The number of anilines is 1. The second-order valence-electron chi connectivity index (χ2n) is 5.80. The highest BCUT2D eigenvalue weighted by Gasteiger charge is 2.12. The molecule has 0 aliphatic carbocycles. The first-order valence-corrected chi connectivity index (χ1v) is 8.01. The van der Waals surface area contributed by atoms with Crippen LogP contribution in [0.2, 0.25) is 0 Å². The quantitative estimate of drug-likeness (QED) is 0.745. The van der Waals surface area contributed by atoms with E-state index in [0.29, 0.717) is 35.1 Å². The molecule has 0 aliphatic heterocycles. The van der Waals surface area contributed by atoms with E-state index in [0.717, 1.165) is 5.52 Å². The van der Waals surface area contributed by atoms with Crippen LogP contribution in [0.5, 0.6) is 5.75 Å². The molecule has 1 N–H and O–H groups in total. The number of oxazole rings is 1. The molecule has 0 saturated heterocycles. The minimum absolute atomic E-state index is 0.195. The summed E-state index contributed by atoms with van der Waals surface area (Å²) in [6.07, 6.45) is 0. The summed E-state index contributed by atoms with van der Waals surface area (Å²) in [6.45, 7) is 6.52. The predicted octanol–water partition coefficient (Wildman–Crippen LogP) is 4.60. The van der Waals surface area contributed by atoms with Gasteiger partial charge in [-0.15, -0.1) is 0 Å². The van der Waals surface area contributed by atoms with Gasteiger partial charge in [0.1, 0.15) is 11.3 Å². The summed E-state index contributed by atoms with van der Waals surface area (Å²) in [5.74, 6) is 1.39. The number of hydrogen-bond donors (Lipinski definition) is 1. The van der Waals surface area contributed by atoms with Crippen molar-refractivity contribution in [3.8, 4) is 5.75 Å². The van der Waals surface area contributed by atoms with Crippen LogP contribution in [-0.4, -0.2) is 17.5 Å². The van der Waals surface area contributed by atoms with E-state index in [4.69, 9.17) is 9.15 Å². The average molecular weight is 324 g/mol. The number of nitrogens with one attached hydrogen (secondary N) is 1. The van der Waals surface area contributed by atoms with Gasteiger partial charge in [0.25, 0.3) is 5.91 Å². The molecule has 1 amide bonds. The number of fused-ring (bicyclic) bond motifs is 1. The van der Waals surface area contributed by atoms with Crippen LogP contribution in [-0.2, 0) is 0 Å². The van der Waals surface area contributed by atoms with Crippen molar-refractivity contribution in [1.82, 2.24) is 4.98 Å². The summed E-state index contributed by atoms with van der Waals surface area (Å²) in [5, 5.41) is 2.88. The third-order valence-electron chi connectivity index (χ3n) is 3.56. The van der Waals surface area contributed by atoms with Crippen molar-refractivity contribution in [3.63, 3.8) is 0 Å². The van der Waals surface area contributed by atoms with Gasteiger partial charge in [-0.1, -0.05) is 19.9 Å². The first-order chi connectivity index (χ1) is 11.6. The van der Waals surface area contributed by atoms with Gasteiger partial charge >= 0.3 is 0 Å². The first kappa shape index (κ1) is 16.1. The molecule has 3 aromatic rings. The fraction of sp³-hybridized carbons (Fsp3) is 0.263. The van der Waals surface area contributed by atoms with Crippen molar-refractivity contribution < 1.29 is 13.9 Å². The minimum Gasteiger partial charge on any atom is -0.494 e. The number of carbonyl (C=O) groups is 1. The van der Waals surface area contributed by atoms with Crippen molar-refractivity contribution in [3.05, 3.63) is 53.9 Å². The maximum absolute atomic E-state index is 12.4. The highest BCUT2D eigenvalue weighted by molar-refractivity contribution is 6.05. The van der Waals surface area contributed by atoms with E-state index in [1.807, 2.05) is 39.0 Å². The van der Waals surface area contributed by atoms with Gasteiger partial charge in [-0.05, 0) is 37.3 Å². The average Bonchev–Trinajstić information content (AvgIpc) is 2.99. The molecule has 1 aromatic heterocycles. The van der Waals surface area contributed by atoms with Crippen LogP contribution in [0.15, 0.2) is 46.9 Å². The molecule has 2 aromatic carbocycles. The van der Waals surface area contributed by atoms with Crippen LogP contribution in [0, 0.1) is 0 Å². The Bertz CT molecular complexity index is 868. The topological polar surface area (TPSA) is 64.4 Å². The number of amides is 1. The van der Waals surface area contributed by atoms with Crippen LogP contribution >= 0.6 is 0 Å². The summed E-state index contributed by atoms with van der Waals surface area (Å²) in [6, 6.07) is 12.6. The van der Waals surface area contributed by atoms with Gasteiger partial charge in [-0.2, -0.15) is 0 Å². The summed E-state index contributed by atoms with van der Waals surface area (Å²) < 4.78 is 11.2. The molecule has 124 valence electrons. The number of rotatable bonds is 5. The molecular formula is C19H20N2O3. The molecule has 0 fully saturated rings. The third kappa shape index (κ3) is 3.40. The lowest BCUT2D eigenvalue weighted by molar-refractivity contribution is 0.102. The Morgan fingerprint density at radius 2 is 2.08 bits per heavy atom. The maximum Gasteiger partial charge on any atom is 0.255 e. The van der Waals surface area contributed by atoms with Crippen molar-refractivity contribution in [2.24, 2.45) is 0 Å². The van der Waals surface area contributed by atoms with Gasteiger partial charge in [0.05, 0.1) is 6.61 Å². The zero-order valence-electron chi connectivity index (χ0n) is 14.0. The van der Waals surface area contributed by atoms with Crippen molar-refractivity contribution in [2.45, 2.75) is 26.7 Å².